The molecule has 2 aromatic heterocycles. The number of hydrogen-bond donors (Lipinski definition) is 1. The first-order chi connectivity index (χ1) is 12.6. The summed E-state index contributed by atoms with van der Waals surface area (Å²) >= 11 is 0. The van der Waals surface area contributed by atoms with Gasteiger partial charge in [0.15, 0.2) is 17.3 Å². The van der Waals surface area contributed by atoms with Gasteiger partial charge in [0.05, 0.1) is 22.8 Å². The van der Waals surface area contributed by atoms with Gasteiger partial charge >= 0.3 is 0 Å². The molecule has 0 unspecified atom stereocenters. The molecular formula is C19H13N6O. The summed E-state index contributed by atoms with van der Waals surface area (Å²) in [5.74, 6) is 1.01. The van der Waals surface area contributed by atoms with E-state index < -0.39 is 0 Å². The number of aryl methyl sites for hydroxylation is 1. The Labute approximate surface area is 149 Å². The van der Waals surface area contributed by atoms with Crippen molar-refractivity contribution in [3.63, 3.8) is 0 Å². The molecule has 0 aliphatic heterocycles. The van der Waals surface area contributed by atoms with Crippen LogP contribution in [-0.2, 0) is 0 Å². The van der Waals surface area contributed by atoms with Crippen LogP contribution < -0.4 is 10.5 Å². The van der Waals surface area contributed by atoms with E-state index in [0.29, 0.717) is 17.1 Å². The number of hydrogen-bond acceptors (Lipinski definition) is 5. The predicted octanol–water partition coefficient (Wildman–Crippen LogP) is 3.91. The van der Waals surface area contributed by atoms with Crippen molar-refractivity contribution >= 4 is 16.9 Å². The van der Waals surface area contributed by atoms with Crippen molar-refractivity contribution in [1.82, 2.24) is 25.7 Å². The van der Waals surface area contributed by atoms with Crippen LogP contribution in [0.1, 0.15) is 11.1 Å². The number of rotatable bonds is 3. The Morgan fingerprint density at radius 3 is 2.85 bits per heavy atom. The average molecular weight is 341 g/mol. The van der Waals surface area contributed by atoms with Gasteiger partial charge in [-0.2, -0.15) is 5.26 Å². The third-order valence-corrected chi connectivity index (χ3v) is 3.83. The van der Waals surface area contributed by atoms with Gasteiger partial charge in [-0.15, -0.1) is 0 Å². The molecule has 4 aromatic rings. The minimum absolute atomic E-state index is 0.0123. The summed E-state index contributed by atoms with van der Waals surface area (Å²) < 4.78 is 5.69. The van der Waals surface area contributed by atoms with Gasteiger partial charge in [-0.05, 0) is 36.8 Å². The molecule has 0 atom stereocenters. The van der Waals surface area contributed by atoms with E-state index in [4.69, 9.17) is 15.7 Å². The maximum Gasteiger partial charge on any atom is 0.238 e. The SMILES string of the molecule is Cc1ccc2nc(-c3nc(Oc4ccccc4C#N)cnc3[NH])[nH]c2c1. The first-order valence-electron chi connectivity index (χ1n) is 7.86. The number of aromatic amines is 1. The van der Waals surface area contributed by atoms with Crippen LogP contribution in [0.15, 0.2) is 48.7 Å². The number of H-pyrrole nitrogens is 1. The number of imidazole rings is 1. The number of benzene rings is 2. The quantitative estimate of drug-likeness (QED) is 0.607. The Morgan fingerprint density at radius 2 is 2.00 bits per heavy atom. The highest BCUT2D eigenvalue weighted by molar-refractivity contribution is 5.80. The standard InChI is InChI=1S/C19H13N6O/c1-11-6-7-13-14(8-11)24-19(23-13)17-18(21)22-10-16(25-17)26-15-5-3-2-4-12(15)9-20/h2-8,10,21H,1H3,(H,23,24). The fourth-order valence-corrected chi connectivity index (χ4v) is 2.58. The maximum atomic E-state index is 9.17. The van der Waals surface area contributed by atoms with Gasteiger partial charge in [0, 0.05) is 0 Å². The van der Waals surface area contributed by atoms with E-state index in [-0.39, 0.29) is 17.4 Å². The molecule has 0 bridgehead atoms. The van der Waals surface area contributed by atoms with Crippen LogP contribution in [0, 0.1) is 18.3 Å². The van der Waals surface area contributed by atoms with Gasteiger partial charge in [-0.3, -0.25) is 5.73 Å². The number of aromatic nitrogens is 4. The van der Waals surface area contributed by atoms with Crippen LogP contribution >= 0.6 is 0 Å². The van der Waals surface area contributed by atoms with Crippen LogP contribution in [-0.4, -0.2) is 19.9 Å². The Bertz CT molecular complexity index is 1160. The molecule has 1 radical (unpaired) electrons. The number of nitriles is 1. The summed E-state index contributed by atoms with van der Waals surface area (Å²) in [5, 5.41) is 9.17. The van der Waals surface area contributed by atoms with Crippen molar-refractivity contribution in [1.29, 1.82) is 5.26 Å². The second-order valence-electron chi connectivity index (χ2n) is 5.72. The lowest BCUT2D eigenvalue weighted by Crippen LogP contribution is -1.96. The van der Waals surface area contributed by atoms with Gasteiger partial charge < -0.3 is 9.72 Å². The Balaban J connectivity index is 1.75. The van der Waals surface area contributed by atoms with Crippen molar-refractivity contribution in [2.75, 3.05) is 0 Å². The molecule has 125 valence electrons. The summed E-state index contributed by atoms with van der Waals surface area (Å²) in [6.45, 7) is 2.00. The van der Waals surface area contributed by atoms with Gasteiger partial charge in [-0.25, -0.2) is 15.0 Å². The molecule has 2 N–H and O–H groups in total. The van der Waals surface area contributed by atoms with Crippen LogP contribution in [0.5, 0.6) is 11.6 Å². The molecule has 0 saturated heterocycles. The maximum absolute atomic E-state index is 9.17. The fraction of sp³-hybridized carbons (Fsp3) is 0.0526. The van der Waals surface area contributed by atoms with Crippen LogP contribution in [0.2, 0.25) is 0 Å². The lowest BCUT2D eigenvalue weighted by molar-refractivity contribution is 0.459. The van der Waals surface area contributed by atoms with Gasteiger partial charge in [-0.1, -0.05) is 18.2 Å². The molecule has 26 heavy (non-hydrogen) atoms. The van der Waals surface area contributed by atoms with Crippen molar-refractivity contribution in [3.8, 4) is 29.2 Å². The number of nitrogens with zero attached hydrogens (tertiary/aromatic N) is 4. The molecule has 0 saturated carbocycles. The molecule has 0 amide bonds. The number of fused-ring (bicyclic) bond motifs is 1. The van der Waals surface area contributed by atoms with Crippen molar-refractivity contribution in [2.24, 2.45) is 0 Å². The molecule has 0 fully saturated rings. The van der Waals surface area contributed by atoms with E-state index in [0.717, 1.165) is 16.6 Å². The molecule has 0 aliphatic carbocycles. The fourth-order valence-electron chi connectivity index (χ4n) is 2.58. The number of nitrogens with one attached hydrogen (secondary N) is 2. The second kappa shape index (κ2) is 6.18. The summed E-state index contributed by atoms with van der Waals surface area (Å²) in [6.07, 6.45) is 1.35. The smallest absolute Gasteiger partial charge is 0.238 e. The molecule has 4 rings (SSSR count). The first-order valence-corrected chi connectivity index (χ1v) is 7.86. The van der Waals surface area contributed by atoms with E-state index in [1.807, 2.05) is 25.1 Å². The van der Waals surface area contributed by atoms with E-state index in [9.17, 15) is 0 Å². The van der Waals surface area contributed by atoms with Crippen molar-refractivity contribution < 1.29 is 4.74 Å². The molecule has 2 aromatic carbocycles. The normalized spacial score (nSPS) is 10.6. The zero-order valence-corrected chi connectivity index (χ0v) is 13.8. The van der Waals surface area contributed by atoms with Gasteiger partial charge in [0.25, 0.3) is 0 Å². The highest BCUT2D eigenvalue weighted by atomic mass is 16.5. The number of para-hydroxylation sites is 1. The van der Waals surface area contributed by atoms with Crippen LogP contribution in [0.25, 0.3) is 22.6 Å². The molecule has 0 aliphatic rings. The summed E-state index contributed by atoms with van der Waals surface area (Å²) in [4.78, 5) is 16.0. The van der Waals surface area contributed by atoms with Gasteiger partial charge in [0.1, 0.15) is 11.8 Å². The van der Waals surface area contributed by atoms with E-state index >= 15 is 0 Å². The van der Waals surface area contributed by atoms with Crippen LogP contribution in [0.3, 0.4) is 0 Å². The molecule has 7 nitrogen and oxygen atoms in total. The first kappa shape index (κ1) is 15.6. The van der Waals surface area contributed by atoms with Crippen LogP contribution in [0.4, 0.5) is 5.82 Å². The lowest BCUT2D eigenvalue weighted by atomic mass is 10.2. The van der Waals surface area contributed by atoms with E-state index in [1.165, 1.54) is 6.20 Å². The monoisotopic (exact) mass is 341 g/mol. The highest BCUT2D eigenvalue weighted by Gasteiger charge is 2.14. The van der Waals surface area contributed by atoms with Crippen molar-refractivity contribution in [3.05, 3.63) is 59.8 Å². The Hall–Kier alpha value is -3.92. The van der Waals surface area contributed by atoms with Gasteiger partial charge in [0.2, 0.25) is 5.88 Å². The zero-order valence-electron chi connectivity index (χ0n) is 13.8. The second-order valence-corrected chi connectivity index (χ2v) is 5.72. The largest absolute Gasteiger partial charge is 0.436 e. The Morgan fingerprint density at radius 1 is 1.15 bits per heavy atom. The lowest BCUT2D eigenvalue weighted by Gasteiger charge is -2.07. The molecular weight excluding hydrogens is 328 g/mol. The third-order valence-electron chi connectivity index (χ3n) is 3.83. The summed E-state index contributed by atoms with van der Waals surface area (Å²) in [6, 6.07) is 14.8. The topological polar surface area (TPSA) is 111 Å². The minimum Gasteiger partial charge on any atom is -0.436 e. The van der Waals surface area contributed by atoms with Crippen molar-refractivity contribution in [2.45, 2.75) is 6.92 Å². The summed E-state index contributed by atoms with van der Waals surface area (Å²) in [7, 11) is 0. The summed E-state index contributed by atoms with van der Waals surface area (Å²) in [5.41, 5.74) is 11.5. The zero-order chi connectivity index (χ0) is 18.1. The molecule has 2 heterocycles. The Kier molecular flexibility index (Phi) is 3.71. The minimum atomic E-state index is -0.0123. The highest BCUT2D eigenvalue weighted by Crippen LogP contribution is 2.28. The molecule has 7 heteroatoms. The predicted molar refractivity (Wildman–Crippen MR) is 95.8 cm³/mol. The van der Waals surface area contributed by atoms with E-state index in [2.05, 4.69) is 26.0 Å². The third kappa shape index (κ3) is 2.80. The number of ether oxygens (including phenoxy) is 1. The average Bonchev–Trinajstić information content (AvgIpc) is 3.06. The van der Waals surface area contributed by atoms with E-state index in [1.54, 1.807) is 24.3 Å². The molecule has 0 spiro atoms.